The van der Waals surface area contributed by atoms with Crippen molar-refractivity contribution >= 4 is 27.3 Å². The number of nitro benzene ring substituents is 1. The molecule has 20 heavy (non-hydrogen) atoms. The number of hydrogen-bond acceptors (Lipinski definition) is 4. The molecule has 5 nitrogen and oxygen atoms in total. The van der Waals surface area contributed by atoms with Crippen LogP contribution in [-0.2, 0) is 0 Å². The lowest BCUT2D eigenvalue weighted by Crippen LogP contribution is -2.01. The Morgan fingerprint density at radius 3 is 2.45 bits per heavy atom. The first kappa shape index (κ1) is 14.3. The Labute approximate surface area is 124 Å². The lowest BCUT2D eigenvalue weighted by Gasteiger charge is -2.09. The fraction of sp³-hybridized carbons (Fsp3) is 0.143. The first-order valence-electron chi connectivity index (χ1n) is 6.06. The summed E-state index contributed by atoms with van der Waals surface area (Å²) in [7, 11) is 0. The van der Waals surface area contributed by atoms with Crippen LogP contribution in [0.4, 0.5) is 11.4 Å². The number of rotatable bonds is 5. The summed E-state index contributed by atoms with van der Waals surface area (Å²) < 4.78 is 6.63. The molecule has 0 bridgehead atoms. The second-order valence-electron chi connectivity index (χ2n) is 4.02. The van der Waals surface area contributed by atoms with E-state index in [4.69, 9.17) is 4.74 Å². The lowest BCUT2D eigenvalue weighted by molar-refractivity contribution is -0.384. The summed E-state index contributed by atoms with van der Waals surface area (Å²) in [6.45, 7) is 2.48. The quantitative estimate of drug-likeness (QED) is 0.641. The van der Waals surface area contributed by atoms with Crippen LogP contribution in [-0.4, -0.2) is 11.5 Å². The van der Waals surface area contributed by atoms with E-state index in [0.717, 1.165) is 4.47 Å². The SMILES string of the molecule is CCNc1cc(Oc2ccc(Br)cc2)ccc1[N+](=O)[O-]. The van der Waals surface area contributed by atoms with Crippen LogP contribution >= 0.6 is 15.9 Å². The molecule has 0 saturated carbocycles. The lowest BCUT2D eigenvalue weighted by atomic mass is 10.2. The smallest absolute Gasteiger partial charge is 0.292 e. The Balaban J connectivity index is 2.26. The zero-order valence-electron chi connectivity index (χ0n) is 10.8. The Hall–Kier alpha value is -2.08. The summed E-state index contributed by atoms with van der Waals surface area (Å²) in [5, 5.41) is 13.9. The van der Waals surface area contributed by atoms with Gasteiger partial charge in [-0.1, -0.05) is 15.9 Å². The molecule has 2 rings (SSSR count). The highest BCUT2D eigenvalue weighted by atomic mass is 79.9. The summed E-state index contributed by atoms with van der Waals surface area (Å²) in [5.41, 5.74) is 0.488. The average Bonchev–Trinajstić information content (AvgIpc) is 2.42. The maximum atomic E-state index is 10.9. The molecule has 0 aliphatic heterocycles. The van der Waals surface area contributed by atoms with Crippen LogP contribution in [0, 0.1) is 10.1 Å². The van der Waals surface area contributed by atoms with Crippen molar-refractivity contribution in [2.24, 2.45) is 0 Å². The predicted octanol–water partition coefficient (Wildman–Crippen LogP) is 4.58. The number of hydrogen-bond donors (Lipinski definition) is 1. The van der Waals surface area contributed by atoms with Crippen LogP contribution in [0.1, 0.15) is 6.92 Å². The van der Waals surface area contributed by atoms with Crippen molar-refractivity contribution in [3.8, 4) is 11.5 Å². The van der Waals surface area contributed by atoms with Crippen molar-refractivity contribution in [2.45, 2.75) is 6.92 Å². The minimum Gasteiger partial charge on any atom is -0.457 e. The summed E-state index contributed by atoms with van der Waals surface area (Å²) in [4.78, 5) is 10.5. The second-order valence-corrected chi connectivity index (χ2v) is 4.94. The molecule has 0 atom stereocenters. The monoisotopic (exact) mass is 336 g/mol. The molecule has 1 N–H and O–H groups in total. The van der Waals surface area contributed by atoms with Gasteiger partial charge < -0.3 is 10.1 Å². The van der Waals surface area contributed by atoms with Gasteiger partial charge in [-0.05, 0) is 37.3 Å². The van der Waals surface area contributed by atoms with Gasteiger partial charge >= 0.3 is 0 Å². The minimum absolute atomic E-state index is 0.0370. The topological polar surface area (TPSA) is 64.4 Å². The molecule has 0 aromatic heterocycles. The van der Waals surface area contributed by atoms with Crippen molar-refractivity contribution in [1.29, 1.82) is 0 Å². The molecule has 0 aliphatic rings. The van der Waals surface area contributed by atoms with Gasteiger partial charge in [-0.3, -0.25) is 10.1 Å². The molecule has 6 heteroatoms. The Morgan fingerprint density at radius 2 is 1.85 bits per heavy atom. The van der Waals surface area contributed by atoms with Crippen molar-refractivity contribution < 1.29 is 9.66 Å². The number of anilines is 1. The summed E-state index contributed by atoms with van der Waals surface area (Å²) in [6, 6.07) is 12.0. The number of nitrogens with zero attached hydrogens (tertiary/aromatic N) is 1. The van der Waals surface area contributed by atoms with Gasteiger partial charge in [0, 0.05) is 23.2 Å². The van der Waals surface area contributed by atoms with Gasteiger partial charge in [0.05, 0.1) is 4.92 Å². The summed E-state index contributed by atoms with van der Waals surface area (Å²) in [6.07, 6.45) is 0. The molecule has 0 aliphatic carbocycles. The number of halogens is 1. The molecule has 0 saturated heterocycles. The molecule has 0 spiro atoms. The van der Waals surface area contributed by atoms with Crippen LogP contribution in [0.15, 0.2) is 46.9 Å². The van der Waals surface area contributed by atoms with E-state index < -0.39 is 4.92 Å². The third-order valence-electron chi connectivity index (χ3n) is 2.58. The molecular weight excluding hydrogens is 324 g/mol. The Bertz CT molecular complexity index is 614. The van der Waals surface area contributed by atoms with Gasteiger partial charge in [0.2, 0.25) is 0 Å². The fourth-order valence-electron chi connectivity index (χ4n) is 1.71. The van der Waals surface area contributed by atoms with E-state index in [9.17, 15) is 10.1 Å². The molecule has 0 unspecified atom stereocenters. The summed E-state index contributed by atoms with van der Waals surface area (Å²) >= 11 is 3.35. The zero-order valence-corrected chi connectivity index (χ0v) is 12.4. The molecule has 2 aromatic rings. The molecule has 104 valence electrons. The van der Waals surface area contributed by atoms with Gasteiger partial charge in [0.1, 0.15) is 17.2 Å². The molecule has 0 fully saturated rings. The van der Waals surface area contributed by atoms with E-state index in [1.807, 2.05) is 31.2 Å². The molecule has 0 radical (unpaired) electrons. The van der Waals surface area contributed by atoms with Gasteiger partial charge in [-0.25, -0.2) is 0 Å². The van der Waals surface area contributed by atoms with Gasteiger partial charge in [-0.15, -0.1) is 0 Å². The van der Waals surface area contributed by atoms with Crippen molar-refractivity contribution in [3.05, 3.63) is 57.1 Å². The van der Waals surface area contributed by atoms with E-state index in [2.05, 4.69) is 21.2 Å². The number of benzene rings is 2. The average molecular weight is 337 g/mol. The number of ether oxygens (including phenoxy) is 1. The third-order valence-corrected chi connectivity index (χ3v) is 3.11. The highest BCUT2D eigenvalue weighted by Gasteiger charge is 2.14. The van der Waals surface area contributed by atoms with Gasteiger partial charge in [0.15, 0.2) is 0 Å². The van der Waals surface area contributed by atoms with Crippen molar-refractivity contribution in [3.63, 3.8) is 0 Å². The maximum Gasteiger partial charge on any atom is 0.292 e. The largest absolute Gasteiger partial charge is 0.457 e. The summed E-state index contributed by atoms with van der Waals surface area (Å²) in [5.74, 6) is 1.22. The first-order valence-corrected chi connectivity index (χ1v) is 6.85. The van der Waals surface area contributed by atoms with Crippen LogP contribution in [0.3, 0.4) is 0 Å². The minimum atomic E-state index is -0.415. The van der Waals surface area contributed by atoms with Crippen LogP contribution in [0.2, 0.25) is 0 Å². The standard InChI is InChI=1S/C14H13BrN2O3/c1-2-16-13-9-12(7-8-14(13)17(18)19)20-11-5-3-10(15)4-6-11/h3-9,16H,2H2,1H3. The van der Waals surface area contributed by atoms with E-state index in [0.29, 0.717) is 23.7 Å². The van der Waals surface area contributed by atoms with Crippen molar-refractivity contribution in [1.82, 2.24) is 0 Å². The predicted molar refractivity (Wildman–Crippen MR) is 81.5 cm³/mol. The zero-order chi connectivity index (χ0) is 14.5. The fourth-order valence-corrected chi connectivity index (χ4v) is 1.97. The Kier molecular flexibility index (Phi) is 4.57. The van der Waals surface area contributed by atoms with Crippen LogP contribution in [0.25, 0.3) is 0 Å². The van der Waals surface area contributed by atoms with Gasteiger partial charge in [0.25, 0.3) is 5.69 Å². The first-order chi connectivity index (χ1) is 9.60. The van der Waals surface area contributed by atoms with Gasteiger partial charge in [-0.2, -0.15) is 0 Å². The highest BCUT2D eigenvalue weighted by Crippen LogP contribution is 2.31. The number of nitro groups is 1. The van der Waals surface area contributed by atoms with E-state index in [1.54, 1.807) is 12.1 Å². The molecule has 0 heterocycles. The maximum absolute atomic E-state index is 10.9. The Morgan fingerprint density at radius 1 is 1.20 bits per heavy atom. The van der Waals surface area contributed by atoms with E-state index in [-0.39, 0.29) is 5.69 Å². The van der Waals surface area contributed by atoms with E-state index >= 15 is 0 Å². The van der Waals surface area contributed by atoms with Crippen LogP contribution < -0.4 is 10.1 Å². The highest BCUT2D eigenvalue weighted by molar-refractivity contribution is 9.10. The molecular formula is C14H13BrN2O3. The normalized spacial score (nSPS) is 10.1. The third kappa shape index (κ3) is 3.48. The number of nitrogens with one attached hydrogen (secondary N) is 1. The van der Waals surface area contributed by atoms with E-state index in [1.165, 1.54) is 6.07 Å². The van der Waals surface area contributed by atoms with Crippen LogP contribution in [0.5, 0.6) is 11.5 Å². The molecule has 2 aromatic carbocycles. The van der Waals surface area contributed by atoms with Crippen molar-refractivity contribution in [2.75, 3.05) is 11.9 Å². The second kappa shape index (κ2) is 6.38. The molecule has 0 amide bonds.